The minimum Gasteiger partial charge on any atom is -0.381 e. The summed E-state index contributed by atoms with van der Waals surface area (Å²) in [5, 5.41) is -0.158. The molecule has 0 radical (unpaired) electrons. The van der Waals surface area contributed by atoms with Crippen molar-refractivity contribution < 1.29 is 13.2 Å². The summed E-state index contributed by atoms with van der Waals surface area (Å²) in [7, 11) is -3.65. The van der Waals surface area contributed by atoms with Gasteiger partial charge >= 0.3 is 0 Å². The van der Waals surface area contributed by atoms with Crippen LogP contribution in [0.3, 0.4) is 0 Å². The molecule has 6 nitrogen and oxygen atoms in total. The van der Waals surface area contributed by atoms with E-state index in [9.17, 15) is 13.2 Å². The molecule has 0 atom stereocenters. The number of aromatic amines is 1. The molecule has 0 unspecified atom stereocenters. The van der Waals surface area contributed by atoms with Crippen LogP contribution in [0, 0.1) is 0 Å². The molecule has 1 aromatic rings. The van der Waals surface area contributed by atoms with E-state index in [1.807, 2.05) is 6.92 Å². The van der Waals surface area contributed by atoms with E-state index < -0.39 is 15.6 Å². The predicted octanol–water partition coefficient (Wildman–Crippen LogP) is 1.12. The second-order valence-electron chi connectivity index (χ2n) is 3.88. The Bertz CT molecular complexity index is 556. The molecule has 1 heterocycles. The van der Waals surface area contributed by atoms with Gasteiger partial charge in [-0.1, -0.05) is 18.5 Å². The summed E-state index contributed by atoms with van der Waals surface area (Å²) in [5.74, 6) is 0. The third-order valence-corrected chi connectivity index (χ3v) is 3.97. The standard InChI is InChI=1S/C11H17ClN2O4S/c1-2-5-18-6-3-4-14-19(16,17)9-7-10(12)11(15)13-8-9/h7-8,14H,2-6H2,1H3,(H,13,15). The first-order valence-corrected chi connectivity index (χ1v) is 7.79. The molecule has 0 aliphatic rings. The maximum atomic E-state index is 11.9. The highest BCUT2D eigenvalue weighted by Crippen LogP contribution is 2.10. The van der Waals surface area contributed by atoms with E-state index in [4.69, 9.17) is 16.3 Å². The maximum Gasteiger partial charge on any atom is 0.266 e. The molecule has 0 amide bonds. The third kappa shape index (κ3) is 5.32. The summed E-state index contributed by atoms with van der Waals surface area (Å²) in [6.45, 7) is 3.44. The Balaban J connectivity index is 2.51. The van der Waals surface area contributed by atoms with Crippen molar-refractivity contribution in [1.29, 1.82) is 0 Å². The molecular formula is C11H17ClN2O4S. The molecule has 0 fully saturated rings. The first-order chi connectivity index (χ1) is 8.97. The fourth-order valence-corrected chi connectivity index (χ4v) is 2.61. The largest absolute Gasteiger partial charge is 0.381 e. The number of nitrogens with one attached hydrogen (secondary N) is 2. The highest BCUT2D eigenvalue weighted by atomic mass is 35.5. The van der Waals surface area contributed by atoms with Gasteiger partial charge in [0.1, 0.15) is 5.02 Å². The molecule has 0 aliphatic carbocycles. The fraction of sp³-hybridized carbons (Fsp3) is 0.545. The Morgan fingerprint density at radius 2 is 2.16 bits per heavy atom. The fourth-order valence-electron chi connectivity index (χ4n) is 1.30. The lowest BCUT2D eigenvalue weighted by Gasteiger charge is -2.07. The van der Waals surface area contributed by atoms with Gasteiger partial charge in [-0.2, -0.15) is 0 Å². The minimum atomic E-state index is -3.65. The van der Waals surface area contributed by atoms with Crippen molar-refractivity contribution in [3.05, 3.63) is 27.6 Å². The SMILES string of the molecule is CCCOCCCNS(=O)(=O)c1c[nH]c(=O)c(Cl)c1. The number of sulfonamides is 1. The molecule has 108 valence electrons. The highest BCUT2D eigenvalue weighted by molar-refractivity contribution is 7.89. The van der Waals surface area contributed by atoms with E-state index in [1.54, 1.807) is 0 Å². The van der Waals surface area contributed by atoms with Gasteiger partial charge in [-0.15, -0.1) is 0 Å². The number of aromatic nitrogens is 1. The van der Waals surface area contributed by atoms with Crippen molar-refractivity contribution >= 4 is 21.6 Å². The summed E-state index contributed by atoms with van der Waals surface area (Å²) < 4.78 is 31.3. The molecule has 8 heteroatoms. The van der Waals surface area contributed by atoms with Gasteiger partial charge in [-0.05, 0) is 18.9 Å². The topological polar surface area (TPSA) is 88.3 Å². The molecule has 2 N–H and O–H groups in total. The minimum absolute atomic E-state index is 0.0634. The van der Waals surface area contributed by atoms with Gasteiger partial charge < -0.3 is 9.72 Å². The van der Waals surface area contributed by atoms with Gasteiger partial charge in [0, 0.05) is 26.0 Å². The van der Waals surface area contributed by atoms with Crippen molar-refractivity contribution in [3.63, 3.8) is 0 Å². The van der Waals surface area contributed by atoms with Gasteiger partial charge in [0.05, 0.1) is 4.90 Å². The van der Waals surface area contributed by atoms with Crippen molar-refractivity contribution in [2.75, 3.05) is 19.8 Å². The summed E-state index contributed by atoms with van der Waals surface area (Å²) in [4.78, 5) is 13.2. The van der Waals surface area contributed by atoms with Gasteiger partial charge in [0.2, 0.25) is 10.0 Å². The smallest absolute Gasteiger partial charge is 0.266 e. The van der Waals surface area contributed by atoms with Crippen LogP contribution in [-0.2, 0) is 14.8 Å². The molecule has 0 aromatic carbocycles. The van der Waals surface area contributed by atoms with E-state index >= 15 is 0 Å². The lowest BCUT2D eigenvalue weighted by atomic mass is 10.4. The van der Waals surface area contributed by atoms with Gasteiger partial charge in [-0.25, -0.2) is 13.1 Å². The van der Waals surface area contributed by atoms with Crippen molar-refractivity contribution in [3.8, 4) is 0 Å². The van der Waals surface area contributed by atoms with Crippen LogP contribution in [0.2, 0.25) is 5.02 Å². The maximum absolute atomic E-state index is 11.9. The zero-order valence-corrected chi connectivity index (χ0v) is 12.2. The van der Waals surface area contributed by atoms with Gasteiger partial charge in [0.25, 0.3) is 5.56 Å². The molecule has 1 aromatic heterocycles. The van der Waals surface area contributed by atoms with Gasteiger partial charge in [-0.3, -0.25) is 4.79 Å². The summed E-state index contributed by atoms with van der Waals surface area (Å²) in [5.41, 5.74) is -0.520. The number of ether oxygens (including phenoxy) is 1. The second-order valence-corrected chi connectivity index (χ2v) is 6.05. The van der Waals surface area contributed by atoms with Crippen LogP contribution in [0.5, 0.6) is 0 Å². The normalized spacial score (nSPS) is 11.7. The number of halogens is 1. The monoisotopic (exact) mass is 308 g/mol. The third-order valence-electron chi connectivity index (χ3n) is 2.25. The number of hydrogen-bond donors (Lipinski definition) is 2. The lowest BCUT2D eigenvalue weighted by Crippen LogP contribution is -2.26. The van der Waals surface area contributed by atoms with Crippen LogP contribution in [0.25, 0.3) is 0 Å². The van der Waals surface area contributed by atoms with Gasteiger partial charge in [0.15, 0.2) is 0 Å². The molecular weight excluding hydrogens is 292 g/mol. The Hall–Kier alpha value is -0.890. The van der Waals surface area contributed by atoms with Crippen LogP contribution >= 0.6 is 11.6 Å². The van der Waals surface area contributed by atoms with Crippen molar-refractivity contribution in [1.82, 2.24) is 9.71 Å². The number of pyridine rings is 1. The second kappa shape index (κ2) is 7.64. The molecule has 0 bridgehead atoms. The average molecular weight is 309 g/mol. The van der Waals surface area contributed by atoms with E-state index in [1.165, 1.54) is 0 Å². The van der Waals surface area contributed by atoms with Crippen LogP contribution in [0.1, 0.15) is 19.8 Å². The van der Waals surface area contributed by atoms with Crippen molar-refractivity contribution in [2.45, 2.75) is 24.7 Å². The molecule has 19 heavy (non-hydrogen) atoms. The Morgan fingerprint density at radius 1 is 1.42 bits per heavy atom. The molecule has 0 spiro atoms. The van der Waals surface area contributed by atoms with Crippen molar-refractivity contribution in [2.24, 2.45) is 0 Å². The van der Waals surface area contributed by atoms with Crippen LogP contribution in [-0.4, -0.2) is 33.2 Å². The molecule has 1 rings (SSSR count). The predicted molar refractivity (Wildman–Crippen MR) is 73.0 cm³/mol. The Labute approximate surface area is 117 Å². The number of H-pyrrole nitrogens is 1. The van der Waals surface area contributed by atoms with Crippen LogP contribution in [0.15, 0.2) is 22.0 Å². The molecule has 0 saturated heterocycles. The first kappa shape index (κ1) is 16.2. The first-order valence-electron chi connectivity index (χ1n) is 5.93. The van der Waals surface area contributed by atoms with E-state index in [-0.39, 0.29) is 16.5 Å². The quantitative estimate of drug-likeness (QED) is 0.704. The highest BCUT2D eigenvalue weighted by Gasteiger charge is 2.14. The average Bonchev–Trinajstić information content (AvgIpc) is 2.36. The Morgan fingerprint density at radius 3 is 2.79 bits per heavy atom. The zero-order chi connectivity index (χ0) is 14.3. The summed E-state index contributed by atoms with van der Waals surface area (Å²) >= 11 is 5.58. The molecule has 0 aliphatic heterocycles. The lowest BCUT2D eigenvalue weighted by molar-refractivity contribution is 0.133. The molecule has 0 saturated carbocycles. The van der Waals surface area contributed by atoms with E-state index in [2.05, 4.69) is 9.71 Å². The number of hydrogen-bond acceptors (Lipinski definition) is 4. The van der Waals surface area contributed by atoms with E-state index in [0.29, 0.717) is 19.6 Å². The van der Waals surface area contributed by atoms with E-state index in [0.717, 1.165) is 18.7 Å². The number of rotatable bonds is 8. The summed E-state index contributed by atoms with van der Waals surface area (Å²) in [6.07, 6.45) is 2.63. The zero-order valence-electron chi connectivity index (χ0n) is 10.6. The Kier molecular flexibility index (Phi) is 6.50. The van der Waals surface area contributed by atoms with Crippen LogP contribution < -0.4 is 10.3 Å². The summed E-state index contributed by atoms with van der Waals surface area (Å²) in [6, 6.07) is 1.12. The van der Waals surface area contributed by atoms with Crippen LogP contribution in [0.4, 0.5) is 0 Å².